The zero-order chi connectivity index (χ0) is 12.7. The summed E-state index contributed by atoms with van der Waals surface area (Å²) in [4.78, 5) is 0. The van der Waals surface area contributed by atoms with Crippen LogP contribution in [-0.2, 0) is 6.54 Å². The largest absolute Gasteiger partial charge is 0.324 e. The summed E-state index contributed by atoms with van der Waals surface area (Å²) in [6.07, 6.45) is 2.42. The van der Waals surface area contributed by atoms with E-state index in [1.165, 1.54) is 29.5 Å². The van der Waals surface area contributed by atoms with Gasteiger partial charge in [0.1, 0.15) is 5.82 Å². The number of aryl methyl sites for hydroxylation is 2. The molecule has 0 aliphatic heterocycles. The average Bonchev–Trinajstić information content (AvgIpc) is 3.12. The number of nitrogens with zero attached hydrogens (tertiary/aromatic N) is 3. The summed E-state index contributed by atoms with van der Waals surface area (Å²) in [6, 6.07) is 6.99. The fourth-order valence-corrected chi connectivity index (χ4v) is 2.34. The molecule has 0 amide bonds. The molecule has 1 heterocycles. The van der Waals surface area contributed by atoms with Crippen LogP contribution in [0.3, 0.4) is 0 Å². The van der Waals surface area contributed by atoms with E-state index in [4.69, 9.17) is 5.73 Å². The number of rotatable bonds is 3. The van der Waals surface area contributed by atoms with Gasteiger partial charge in [-0.15, -0.1) is 10.2 Å². The Labute approximate surface area is 107 Å². The van der Waals surface area contributed by atoms with Gasteiger partial charge in [0.2, 0.25) is 0 Å². The van der Waals surface area contributed by atoms with E-state index >= 15 is 0 Å². The van der Waals surface area contributed by atoms with Gasteiger partial charge in [0.15, 0.2) is 5.82 Å². The van der Waals surface area contributed by atoms with Gasteiger partial charge < -0.3 is 10.3 Å². The summed E-state index contributed by atoms with van der Waals surface area (Å²) in [5.74, 6) is 1.87. The van der Waals surface area contributed by atoms with Gasteiger partial charge in [-0.05, 0) is 38.3 Å². The van der Waals surface area contributed by atoms with Gasteiger partial charge in [0.05, 0.1) is 6.54 Å². The molecule has 94 valence electrons. The second-order valence-corrected chi connectivity index (χ2v) is 5.06. The van der Waals surface area contributed by atoms with Crippen molar-refractivity contribution in [1.82, 2.24) is 14.8 Å². The third-order valence-corrected chi connectivity index (χ3v) is 3.49. The quantitative estimate of drug-likeness (QED) is 0.898. The minimum absolute atomic E-state index is 0.453. The Bertz CT molecular complexity index is 581. The van der Waals surface area contributed by atoms with E-state index in [-0.39, 0.29) is 0 Å². The second kappa shape index (κ2) is 4.21. The first-order valence-electron chi connectivity index (χ1n) is 6.42. The van der Waals surface area contributed by atoms with Crippen molar-refractivity contribution in [3.05, 3.63) is 35.2 Å². The number of nitrogens with two attached hydrogens (primary N) is 1. The Balaban J connectivity index is 2.16. The molecule has 0 unspecified atom stereocenters. The lowest BCUT2D eigenvalue weighted by Gasteiger charge is -2.10. The fraction of sp³-hybridized carbons (Fsp3) is 0.429. The first-order chi connectivity index (χ1) is 8.70. The Morgan fingerprint density at radius 1 is 1.28 bits per heavy atom. The highest BCUT2D eigenvalue weighted by Crippen LogP contribution is 2.39. The molecule has 0 radical (unpaired) electrons. The molecule has 2 N–H and O–H groups in total. The first-order valence-corrected chi connectivity index (χ1v) is 6.42. The standard InChI is InChI=1S/C14H18N4/c1-9-3-4-10(2)12(7-9)14-17-16-13(8-15)18(14)11-5-6-11/h3-4,7,11H,5-6,8,15H2,1-2H3. The predicted octanol–water partition coefficient (Wildman–Crippen LogP) is 2.36. The topological polar surface area (TPSA) is 56.7 Å². The maximum Gasteiger partial charge on any atom is 0.164 e. The van der Waals surface area contributed by atoms with Gasteiger partial charge >= 0.3 is 0 Å². The van der Waals surface area contributed by atoms with E-state index in [1.54, 1.807) is 0 Å². The van der Waals surface area contributed by atoms with Crippen LogP contribution in [0, 0.1) is 13.8 Å². The molecule has 1 fully saturated rings. The first kappa shape index (κ1) is 11.4. The third kappa shape index (κ3) is 1.82. The molecule has 4 nitrogen and oxygen atoms in total. The van der Waals surface area contributed by atoms with Crippen molar-refractivity contribution in [2.45, 2.75) is 39.3 Å². The van der Waals surface area contributed by atoms with Crippen molar-refractivity contribution < 1.29 is 0 Å². The summed E-state index contributed by atoms with van der Waals surface area (Å²) >= 11 is 0. The minimum Gasteiger partial charge on any atom is -0.324 e. The molecule has 18 heavy (non-hydrogen) atoms. The molecule has 1 aromatic carbocycles. The third-order valence-electron chi connectivity index (χ3n) is 3.49. The summed E-state index contributed by atoms with van der Waals surface area (Å²) < 4.78 is 2.22. The highest BCUT2D eigenvalue weighted by Gasteiger charge is 2.29. The van der Waals surface area contributed by atoms with Crippen molar-refractivity contribution in [2.75, 3.05) is 0 Å². The SMILES string of the molecule is Cc1ccc(C)c(-c2nnc(CN)n2C2CC2)c1. The lowest BCUT2D eigenvalue weighted by molar-refractivity contribution is 0.687. The molecule has 1 aliphatic carbocycles. The Hall–Kier alpha value is -1.68. The Morgan fingerprint density at radius 3 is 2.72 bits per heavy atom. The monoisotopic (exact) mass is 242 g/mol. The maximum absolute atomic E-state index is 5.75. The molecular formula is C14H18N4. The Morgan fingerprint density at radius 2 is 2.06 bits per heavy atom. The van der Waals surface area contributed by atoms with E-state index in [0.717, 1.165) is 11.6 Å². The van der Waals surface area contributed by atoms with Crippen LogP contribution in [0.15, 0.2) is 18.2 Å². The van der Waals surface area contributed by atoms with Gasteiger partial charge in [-0.2, -0.15) is 0 Å². The van der Waals surface area contributed by atoms with Crippen LogP contribution < -0.4 is 5.73 Å². The van der Waals surface area contributed by atoms with E-state index < -0.39 is 0 Å². The molecule has 2 aromatic rings. The number of benzene rings is 1. The summed E-state index contributed by atoms with van der Waals surface area (Å²) in [5, 5.41) is 8.58. The van der Waals surface area contributed by atoms with Gasteiger partial charge in [0, 0.05) is 11.6 Å². The summed E-state index contributed by atoms with van der Waals surface area (Å²) in [7, 11) is 0. The molecule has 1 aromatic heterocycles. The molecule has 0 spiro atoms. The number of aromatic nitrogens is 3. The van der Waals surface area contributed by atoms with Crippen LogP contribution >= 0.6 is 0 Å². The van der Waals surface area contributed by atoms with Crippen LogP contribution in [0.5, 0.6) is 0 Å². The molecule has 0 bridgehead atoms. The smallest absolute Gasteiger partial charge is 0.164 e. The second-order valence-electron chi connectivity index (χ2n) is 5.06. The van der Waals surface area contributed by atoms with Crippen molar-refractivity contribution in [3.8, 4) is 11.4 Å². The lowest BCUT2D eigenvalue weighted by Crippen LogP contribution is -2.08. The van der Waals surface area contributed by atoms with Crippen LogP contribution in [0.4, 0.5) is 0 Å². The van der Waals surface area contributed by atoms with Crippen LogP contribution in [0.25, 0.3) is 11.4 Å². The van der Waals surface area contributed by atoms with E-state index in [0.29, 0.717) is 12.6 Å². The summed E-state index contributed by atoms with van der Waals surface area (Å²) in [5.41, 5.74) is 9.41. The van der Waals surface area contributed by atoms with Crippen LogP contribution in [0.2, 0.25) is 0 Å². The normalized spacial score (nSPS) is 15.1. The number of hydrogen-bond donors (Lipinski definition) is 1. The lowest BCUT2D eigenvalue weighted by atomic mass is 10.1. The highest BCUT2D eigenvalue weighted by atomic mass is 15.3. The molecule has 1 aliphatic rings. The molecule has 0 saturated heterocycles. The van der Waals surface area contributed by atoms with Gasteiger partial charge in [-0.1, -0.05) is 17.7 Å². The molecule has 0 atom stereocenters. The maximum atomic E-state index is 5.75. The average molecular weight is 242 g/mol. The van der Waals surface area contributed by atoms with E-state index in [2.05, 4.69) is 46.8 Å². The van der Waals surface area contributed by atoms with Gasteiger partial charge in [0.25, 0.3) is 0 Å². The van der Waals surface area contributed by atoms with Crippen molar-refractivity contribution in [2.24, 2.45) is 5.73 Å². The van der Waals surface area contributed by atoms with Crippen molar-refractivity contribution in [3.63, 3.8) is 0 Å². The van der Waals surface area contributed by atoms with Gasteiger partial charge in [-0.3, -0.25) is 0 Å². The van der Waals surface area contributed by atoms with E-state index in [1.807, 2.05) is 0 Å². The number of hydrogen-bond acceptors (Lipinski definition) is 3. The van der Waals surface area contributed by atoms with Crippen molar-refractivity contribution >= 4 is 0 Å². The zero-order valence-electron chi connectivity index (χ0n) is 10.8. The predicted molar refractivity (Wildman–Crippen MR) is 71.1 cm³/mol. The Kier molecular flexibility index (Phi) is 2.67. The summed E-state index contributed by atoms with van der Waals surface area (Å²) in [6.45, 7) is 4.67. The molecule has 4 heteroatoms. The van der Waals surface area contributed by atoms with E-state index in [9.17, 15) is 0 Å². The van der Waals surface area contributed by atoms with Crippen LogP contribution in [-0.4, -0.2) is 14.8 Å². The van der Waals surface area contributed by atoms with Gasteiger partial charge in [-0.25, -0.2) is 0 Å². The minimum atomic E-state index is 0.453. The fourth-order valence-electron chi connectivity index (χ4n) is 2.34. The molecule has 3 rings (SSSR count). The zero-order valence-corrected chi connectivity index (χ0v) is 10.8. The molecule has 1 saturated carbocycles. The highest BCUT2D eigenvalue weighted by molar-refractivity contribution is 5.61. The molecular weight excluding hydrogens is 224 g/mol. The van der Waals surface area contributed by atoms with Crippen LogP contribution in [0.1, 0.15) is 35.8 Å². The van der Waals surface area contributed by atoms with Crippen molar-refractivity contribution in [1.29, 1.82) is 0 Å².